The number of para-hydroxylation sites is 1. The molecule has 0 heterocycles. The van der Waals surface area contributed by atoms with Crippen molar-refractivity contribution in [2.24, 2.45) is 0 Å². The largest absolute Gasteiger partial charge is 0.418 e. The molecule has 10 heteroatoms. The molecule has 1 saturated carbocycles. The highest BCUT2D eigenvalue weighted by Gasteiger charge is 2.33. The number of nitrogens with one attached hydrogen (secondary N) is 3. The zero-order valence-electron chi connectivity index (χ0n) is 16.1. The third-order valence-corrected chi connectivity index (χ3v) is 4.53. The predicted molar refractivity (Wildman–Crippen MR) is 101 cm³/mol. The van der Waals surface area contributed by atoms with Gasteiger partial charge in [0.2, 0.25) is 11.8 Å². The van der Waals surface area contributed by atoms with Gasteiger partial charge in [-0.3, -0.25) is 19.8 Å². The molecule has 0 aromatic heterocycles. The summed E-state index contributed by atoms with van der Waals surface area (Å²) >= 11 is 0. The van der Waals surface area contributed by atoms with E-state index in [0.717, 1.165) is 44.2 Å². The maximum Gasteiger partial charge on any atom is 0.418 e. The molecule has 0 bridgehead atoms. The lowest BCUT2D eigenvalue weighted by Gasteiger charge is -2.23. The zero-order chi connectivity index (χ0) is 21.4. The number of hydrogen-bond donors (Lipinski definition) is 3. The fraction of sp³-hybridized carbons (Fsp3) is 0.526. The number of alkyl halides is 3. The number of carbonyl (C=O) groups is 3. The van der Waals surface area contributed by atoms with Crippen LogP contribution in [0.15, 0.2) is 24.3 Å². The second-order valence-electron chi connectivity index (χ2n) is 7.12. The Morgan fingerprint density at radius 1 is 1.03 bits per heavy atom. The van der Waals surface area contributed by atoms with E-state index in [4.69, 9.17) is 0 Å². The van der Waals surface area contributed by atoms with Crippen molar-refractivity contribution in [3.05, 3.63) is 29.8 Å². The molecule has 0 aliphatic heterocycles. The molecule has 1 aromatic rings. The fourth-order valence-electron chi connectivity index (χ4n) is 3.21. The van der Waals surface area contributed by atoms with Gasteiger partial charge in [0, 0.05) is 6.04 Å². The Kier molecular flexibility index (Phi) is 8.00. The Balaban J connectivity index is 1.78. The number of imide groups is 1. The molecule has 0 radical (unpaired) electrons. The first-order chi connectivity index (χ1) is 13.6. The average Bonchev–Trinajstić information content (AvgIpc) is 2.61. The van der Waals surface area contributed by atoms with Crippen molar-refractivity contribution < 1.29 is 27.6 Å². The fourth-order valence-corrected chi connectivity index (χ4v) is 3.21. The average molecular weight is 414 g/mol. The second kappa shape index (κ2) is 10.2. The number of urea groups is 1. The molecule has 3 N–H and O–H groups in total. The molecule has 160 valence electrons. The standard InChI is InChI=1S/C19H25F3N4O3/c1-26(12-17(28)25-18(29)23-13-7-3-2-4-8-13)11-16(27)24-15-10-6-5-9-14(15)19(20,21)22/h5-6,9-10,13H,2-4,7-8,11-12H2,1H3,(H,24,27)(H2,23,25,28,29). The monoisotopic (exact) mass is 414 g/mol. The van der Waals surface area contributed by atoms with Crippen molar-refractivity contribution in [2.45, 2.75) is 44.3 Å². The maximum absolute atomic E-state index is 13.0. The van der Waals surface area contributed by atoms with Crippen LogP contribution in [-0.2, 0) is 15.8 Å². The first-order valence-corrected chi connectivity index (χ1v) is 9.40. The van der Waals surface area contributed by atoms with Gasteiger partial charge in [0.05, 0.1) is 24.3 Å². The molecule has 0 unspecified atom stereocenters. The summed E-state index contributed by atoms with van der Waals surface area (Å²) < 4.78 is 38.9. The number of nitrogens with zero attached hydrogens (tertiary/aromatic N) is 1. The van der Waals surface area contributed by atoms with Crippen LogP contribution in [-0.4, -0.2) is 48.9 Å². The third kappa shape index (κ3) is 7.72. The molecule has 7 nitrogen and oxygen atoms in total. The Hall–Kier alpha value is -2.62. The summed E-state index contributed by atoms with van der Waals surface area (Å²) in [6.07, 6.45) is 0.366. The third-order valence-electron chi connectivity index (χ3n) is 4.53. The van der Waals surface area contributed by atoms with E-state index in [-0.39, 0.29) is 24.8 Å². The van der Waals surface area contributed by atoms with Crippen molar-refractivity contribution in [3.8, 4) is 0 Å². The summed E-state index contributed by atoms with van der Waals surface area (Å²) in [6, 6.07) is 4.11. The van der Waals surface area contributed by atoms with E-state index in [9.17, 15) is 27.6 Å². The lowest BCUT2D eigenvalue weighted by Crippen LogP contribution is -2.48. The Morgan fingerprint density at radius 2 is 1.66 bits per heavy atom. The number of rotatable bonds is 6. The maximum atomic E-state index is 13.0. The minimum atomic E-state index is -4.60. The predicted octanol–water partition coefficient (Wildman–Crippen LogP) is 2.73. The van der Waals surface area contributed by atoms with Crippen LogP contribution < -0.4 is 16.0 Å². The minimum absolute atomic E-state index is 0.0498. The van der Waals surface area contributed by atoms with Crippen LogP contribution in [0.4, 0.5) is 23.7 Å². The number of likely N-dealkylation sites (N-methyl/N-ethyl adjacent to an activating group) is 1. The van der Waals surface area contributed by atoms with Crippen LogP contribution in [0.5, 0.6) is 0 Å². The molecule has 1 aromatic carbocycles. The number of hydrogen-bond acceptors (Lipinski definition) is 4. The minimum Gasteiger partial charge on any atom is -0.335 e. The molecule has 0 saturated heterocycles. The number of benzene rings is 1. The van der Waals surface area contributed by atoms with Crippen molar-refractivity contribution >= 4 is 23.5 Å². The highest BCUT2D eigenvalue weighted by molar-refractivity contribution is 5.96. The summed E-state index contributed by atoms with van der Waals surface area (Å²) in [7, 11) is 1.45. The van der Waals surface area contributed by atoms with Gasteiger partial charge in [0.1, 0.15) is 0 Å². The summed E-state index contributed by atoms with van der Waals surface area (Å²) in [5.41, 5.74) is -1.30. The van der Waals surface area contributed by atoms with Gasteiger partial charge in [-0.2, -0.15) is 13.2 Å². The van der Waals surface area contributed by atoms with E-state index in [1.165, 1.54) is 24.1 Å². The van der Waals surface area contributed by atoms with Gasteiger partial charge in [0.25, 0.3) is 0 Å². The summed E-state index contributed by atoms with van der Waals surface area (Å²) in [5.74, 6) is -1.31. The van der Waals surface area contributed by atoms with Crippen LogP contribution in [0.25, 0.3) is 0 Å². The molecule has 1 aliphatic rings. The van der Waals surface area contributed by atoms with E-state index in [0.29, 0.717) is 0 Å². The van der Waals surface area contributed by atoms with Gasteiger partial charge in [-0.25, -0.2) is 4.79 Å². The molecule has 1 fully saturated rings. The molecule has 1 aliphatic carbocycles. The van der Waals surface area contributed by atoms with Crippen molar-refractivity contribution in [1.82, 2.24) is 15.5 Å². The Morgan fingerprint density at radius 3 is 2.31 bits per heavy atom. The van der Waals surface area contributed by atoms with Crippen LogP contribution in [0.2, 0.25) is 0 Å². The summed E-state index contributed by atoms with van der Waals surface area (Å²) in [5, 5.41) is 7.15. The van der Waals surface area contributed by atoms with Crippen LogP contribution in [0.1, 0.15) is 37.7 Å². The van der Waals surface area contributed by atoms with Gasteiger partial charge < -0.3 is 10.6 Å². The zero-order valence-corrected chi connectivity index (χ0v) is 16.1. The van der Waals surface area contributed by atoms with Gasteiger partial charge >= 0.3 is 12.2 Å². The van der Waals surface area contributed by atoms with Gasteiger partial charge in [0.15, 0.2) is 0 Å². The Bertz CT molecular complexity index is 734. The number of amides is 4. The molecular weight excluding hydrogens is 389 g/mol. The summed E-state index contributed by atoms with van der Waals surface area (Å²) in [4.78, 5) is 37.1. The van der Waals surface area contributed by atoms with Gasteiger partial charge in [-0.15, -0.1) is 0 Å². The molecular formula is C19H25F3N4O3. The van der Waals surface area contributed by atoms with Crippen molar-refractivity contribution in [2.75, 3.05) is 25.5 Å². The highest BCUT2D eigenvalue weighted by atomic mass is 19.4. The number of anilines is 1. The molecule has 2 rings (SSSR count). The summed E-state index contributed by atoms with van der Waals surface area (Å²) in [6.45, 7) is -0.573. The van der Waals surface area contributed by atoms with Gasteiger partial charge in [-0.05, 0) is 32.0 Å². The lowest BCUT2D eigenvalue weighted by atomic mass is 9.96. The van der Waals surface area contributed by atoms with E-state index in [2.05, 4.69) is 16.0 Å². The molecule has 0 atom stereocenters. The first kappa shape index (κ1) is 22.7. The number of carbonyl (C=O) groups excluding carboxylic acids is 3. The quantitative estimate of drug-likeness (QED) is 0.668. The van der Waals surface area contributed by atoms with E-state index < -0.39 is 29.6 Å². The van der Waals surface area contributed by atoms with E-state index in [1.54, 1.807) is 0 Å². The SMILES string of the molecule is CN(CC(=O)NC(=O)NC1CCCCC1)CC(=O)Nc1ccccc1C(F)(F)F. The van der Waals surface area contributed by atoms with Crippen LogP contribution in [0, 0.1) is 0 Å². The van der Waals surface area contributed by atoms with Gasteiger partial charge in [-0.1, -0.05) is 31.4 Å². The topological polar surface area (TPSA) is 90.5 Å². The first-order valence-electron chi connectivity index (χ1n) is 9.40. The normalized spacial score (nSPS) is 15.1. The van der Waals surface area contributed by atoms with Crippen LogP contribution >= 0.6 is 0 Å². The highest BCUT2D eigenvalue weighted by Crippen LogP contribution is 2.34. The molecule has 4 amide bonds. The lowest BCUT2D eigenvalue weighted by molar-refractivity contribution is -0.137. The second-order valence-corrected chi connectivity index (χ2v) is 7.12. The Labute approximate surface area is 167 Å². The van der Waals surface area contributed by atoms with E-state index in [1.807, 2.05) is 0 Å². The molecule has 29 heavy (non-hydrogen) atoms. The smallest absolute Gasteiger partial charge is 0.335 e. The van der Waals surface area contributed by atoms with Crippen LogP contribution in [0.3, 0.4) is 0 Å². The van der Waals surface area contributed by atoms with Crippen molar-refractivity contribution in [3.63, 3.8) is 0 Å². The molecule has 0 spiro atoms. The number of halogens is 3. The van der Waals surface area contributed by atoms with Crippen molar-refractivity contribution in [1.29, 1.82) is 0 Å². The van der Waals surface area contributed by atoms with E-state index >= 15 is 0 Å².